The number of carbonyl (C=O) groups is 1. The monoisotopic (exact) mass is 858 g/mol. The molecule has 2 rings (SSSR count). The van der Waals surface area contributed by atoms with Gasteiger partial charge in [-0.05, 0) is 137 Å². The molecule has 0 heterocycles. The fourth-order valence-electron chi connectivity index (χ4n) is 10.4. The van der Waals surface area contributed by atoms with Crippen LogP contribution >= 0.6 is 0 Å². The minimum Gasteiger partial charge on any atom is -0.462 e. The number of allylic oxidation sites excluding steroid dienone is 4. The van der Waals surface area contributed by atoms with Gasteiger partial charge in [0, 0.05) is 19.6 Å². The van der Waals surface area contributed by atoms with Gasteiger partial charge in [0.25, 0.3) is 0 Å². The van der Waals surface area contributed by atoms with Gasteiger partial charge in [-0.1, -0.05) is 143 Å². The third kappa shape index (κ3) is 27.0. The lowest BCUT2D eigenvalue weighted by molar-refractivity contribution is -0.152. The van der Waals surface area contributed by atoms with Crippen LogP contribution in [0.2, 0.25) is 0 Å². The Kier molecular flexibility index (Phi) is 33.1. The molecule has 0 amide bonds. The molecule has 6 heteroatoms. The lowest BCUT2D eigenvalue weighted by Gasteiger charge is -2.42. The van der Waals surface area contributed by atoms with Crippen LogP contribution in [0.25, 0.3) is 0 Å². The Morgan fingerprint density at radius 3 is 1.79 bits per heavy atom. The first-order valence-electron chi connectivity index (χ1n) is 26.3. The van der Waals surface area contributed by atoms with E-state index >= 15 is 0 Å². The minimum absolute atomic E-state index is 0.0722. The molecule has 6 nitrogen and oxygen atoms in total. The van der Waals surface area contributed by atoms with Gasteiger partial charge in [-0.25, -0.2) is 0 Å². The number of unbranched alkanes of at least 4 members (excludes halogenated alkanes) is 9. The van der Waals surface area contributed by atoms with Crippen molar-refractivity contribution in [3.8, 4) is 0 Å². The Bertz CT molecular complexity index is 1080. The van der Waals surface area contributed by atoms with Gasteiger partial charge >= 0.3 is 5.97 Å². The van der Waals surface area contributed by atoms with Crippen molar-refractivity contribution in [3.05, 3.63) is 30.7 Å². The molecule has 0 aromatic heterocycles. The molecule has 0 aliphatic heterocycles. The molecule has 0 spiro atoms. The first-order valence-corrected chi connectivity index (χ1v) is 26.3. The summed E-state index contributed by atoms with van der Waals surface area (Å²) in [5, 5.41) is 0. The third-order valence-corrected chi connectivity index (χ3v) is 14.3. The quantitative estimate of drug-likeness (QED) is 0.0347. The molecular weight excluding hydrogens is 757 g/mol. The van der Waals surface area contributed by atoms with Crippen LogP contribution in [0.1, 0.15) is 222 Å². The molecule has 2 aliphatic carbocycles. The Morgan fingerprint density at radius 1 is 0.607 bits per heavy atom. The van der Waals surface area contributed by atoms with E-state index in [-0.39, 0.29) is 12.1 Å². The van der Waals surface area contributed by atoms with Gasteiger partial charge in [-0.15, -0.1) is 0 Å². The summed E-state index contributed by atoms with van der Waals surface area (Å²) in [5.74, 6) is 3.20. The maximum atomic E-state index is 12.6. The van der Waals surface area contributed by atoms with Crippen molar-refractivity contribution >= 4 is 5.97 Å². The summed E-state index contributed by atoms with van der Waals surface area (Å²) in [6.45, 7) is 21.8. The summed E-state index contributed by atoms with van der Waals surface area (Å²) in [5.41, 5.74) is 0.819. The van der Waals surface area contributed by atoms with Crippen LogP contribution in [0, 0.1) is 40.9 Å². The van der Waals surface area contributed by atoms with Gasteiger partial charge < -0.3 is 23.7 Å². The Hall–Kier alpha value is -1.21. The average Bonchev–Trinajstić information content (AvgIpc) is 3.55. The zero-order valence-corrected chi connectivity index (χ0v) is 41.5. The molecule has 61 heavy (non-hydrogen) atoms. The van der Waals surface area contributed by atoms with E-state index in [4.69, 9.17) is 23.7 Å². The Morgan fingerprint density at radius 2 is 1.18 bits per heavy atom. The number of hydrogen-bond acceptors (Lipinski definition) is 6. The van der Waals surface area contributed by atoms with E-state index in [1.165, 1.54) is 135 Å². The lowest BCUT2D eigenvalue weighted by Crippen LogP contribution is -2.34. The zero-order chi connectivity index (χ0) is 44.3. The van der Waals surface area contributed by atoms with Crippen molar-refractivity contribution in [1.29, 1.82) is 0 Å². The highest BCUT2D eigenvalue weighted by Gasteiger charge is 2.47. The average molecular weight is 858 g/mol. The van der Waals surface area contributed by atoms with Crippen molar-refractivity contribution in [1.82, 2.24) is 0 Å². The van der Waals surface area contributed by atoms with E-state index in [2.05, 4.69) is 79.2 Å². The van der Waals surface area contributed by atoms with E-state index in [9.17, 15) is 4.79 Å². The van der Waals surface area contributed by atoms with Crippen molar-refractivity contribution in [3.63, 3.8) is 0 Å². The molecule has 1 unspecified atom stereocenters. The summed E-state index contributed by atoms with van der Waals surface area (Å²) in [6, 6.07) is 0. The second kappa shape index (κ2) is 36.1. The summed E-state index contributed by atoms with van der Waals surface area (Å²) in [6.07, 6.45) is 44.8. The summed E-state index contributed by atoms with van der Waals surface area (Å²) in [7, 11) is 0. The molecule has 0 aromatic carbocycles. The summed E-state index contributed by atoms with van der Waals surface area (Å²) < 4.78 is 28.6. The molecule has 1 radical (unpaired) electrons. The van der Waals surface area contributed by atoms with Crippen molar-refractivity contribution < 1.29 is 28.5 Å². The number of hydrogen-bond donors (Lipinski definition) is 0. The maximum absolute atomic E-state index is 12.6. The van der Waals surface area contributed by atoms with Crippen molar-refractivity contribution in [2.24, 2.45) is 34.5 Å². The van der Waals surface area contributed by atoms with Crippen molar-refractivity contribution in [2.45, 2.75) is 228 Å². The number of carbonyl (C=O) groups excluding carboxylic acids is 1. The fourth-order valence-corrected chi connectivity index (χ4v) is 10.4. The molecule has 357 valence electrons. The first-order chi connectivity index (χ1) is 29.6. The second-order valence-electron chi connectivity index (χ2n) is 20.2. The highest BCUT2D eigenvalue weighted by Crippen LogP contribution is 2.56. The van der Waals surface area contributed by atoms with Crippen LogP contribution in [-0.4, -0.2) is 64.9 Å². The topological polar surface area (TPSA) is 63.2 Å². The molecule has 2 fully saturated rings. The highest BCUT2D eigenvalue weighted by molar-refractivity contribution is 5.69. The normalized spacial score (nSPS) is 23.8. The Balaban J connectivity index is 1.37. The van der Waals surface area contributed by atoms with E-state index in [0.717, 1.165) is 56.0 Å². The van der Waals surface area contributed by atoms with Gasteiger partial charge in [0.1, 0.15) is 6.10 Å². The molecular formula is C55H101O6. The van der Waals surface area contributed by atoms with Crippen LogP contribution in [-0.2, 0) is 28.5 Å². The molecule has 0 aromatic rings. The van der Waals surface area contributed by atoms with Gasteiger partial charge in [0.15, 0.2) is 0 Å². The van der Waals surface area contributed by atoms with E-state index < -0.39 is 0 Å². The van der Waals surface area contributed by atoms with Gasteiger partial charge in [-0.2, -0.15) is 0 Å². The standard InChI is InChI=1S/C55H101O6/c1-8-10-11-12-13-14-15-16-17-18-19-20-21-22-23-24-40-57-42-44-59-46-47-60-45-43-58-41-26-31-53(56)61-51-34-38-54(6,39-35-51)36-27-37-55(7)50(28-9-2)32-33-52(55)49(5)30-25-29-48(3)4/h13-14,16-17,28,48-52H,8-12,15,18-27,29-47H2,1-7H3/b14-13-,17-16-/t49-,50?,51?,52-,54?,55+/m1/s1. The summed E-state index contributed by atoms with van der Waals surface area (Å²) in [4.78, 5) is 12.6. The molecule has 2 aliphatic rings. The van der Waals surface area contributed by atoms with Crippen LogP contribution < -0.4 is 0 Å². The fraction of sp³-hybridized carbons (Fsp3) is 0.891. The maximum Gasteiger partial charge on any atom is 0.306 e. The third-order valence-electron chi connectivity index (χ3n) is 14.3. The smallest absolute Gasteiger partial charge is 0.306 e. The van der Waals surface area contributed by atoms with Crippen LogP contribution in [0.3, 0.4) is 0 Å². The Labute approximate surface area is 379 Å². The van der Waals surface area contributed by atoms with Crippen LogP contribution in [0.4, 0.5) is 0 Å². The zero-order valence-electron chi connectivity index (χ0n) is 41.5. The van der Waals surface area contributed by atoms with Crippen LogP contribution in [0.5, 0.6) is 0 Å². The van der Waals surface area contributed by atoms with Crippen molar-refractivity contribution in [2.75, 3.05) is 52.9 Å². The van der Waals surface area contributed by atoms with Gasteiger partial charge in [0.2, 0.25) is 0 Å². The van der Waals surface area contributed by atoms with Gasteiger partial charge in [0.05, 0.1) is 39.6 Å². The molecule has 0 bridgehead atoms. The summed E-state index contributed by atoms with van der Waals surface area (Å²) >= 11 is 0. The largest absolute Gasteiger partial charge is 0.462 e. The molecule has 4 atom stereocenters. The van der Waals surface area contributed by atoms with E-state index in [1.54, 1.807) is 0 Å². The minimum atomic E-state index is -0.0722. The molecule has 0 saturated heterocycles. The van der Waals surface area contributed by atoms with Crippen LogP contribution in [0.15, 0.2) is 24.3 Å². The van der Waals surface area contributed by atoms with E-state index in [1.807, 2.05) is 0 Å². The molecule has 0 N–H and O–H groups in total. The SMILES string of the molecule is CC[CH]C1CC[C@H]([C@H](C)CCCC(C)C)[C@@]1(C)CCCC1(C)CCC(OC(=O)CCCOCCOCCOCCOCCCCCCCC/C=C\C/C=C\CCCCC)CC1. The number of ether oxygens (including phenoxy) is 5. The predicted octanol–water partition coefficient (Wildman–Crippen LogP) is 15.4. The number of esters is 1. The first kappa shape index (κ1) is 55.9. The predicted molar refractivity (Wildman–Crippen MR) is 259 cm³/mol. The van der Waals surface area contributed by atoms with Gasteiger partial charge in [-0.3, -0.25) is 4.79 Å². The lowest BCUT2D eigenvalue weighted by atomic mass is 9.63. The molecule has 2 saturated carbocycles. The van der Waals surface area contributed by atoms with E-state index in [0.29, 0.717) is 69.9 Å². The number of rotatable bonds is 40. The highest BCUT2D eigenvalue weighted by atomic mass is 16.6. The second-order valence-corrected chi connectivity index (χ2v) is 20.2.